The number of hydrogen-bond acceptors (Lipinski definition) is 7. The molecule has 1 saturated heterocycles. The van der Waals surface area contributed by atoms with Crippen LogP contribution in [0.4, 0.5) is 5.69 Å². The zero-order valence-electron chi connectivity index (χ0n) is 16.2. The SMILES string of the molecule is O=C(Nc1ccc(-n2cnnn2)cc1)c1ccc(Cl)c(S(=O)(=O)NC[C@@H]2CCCO2)c1. The van der Waals surface area contributed by atoms with E-state index in [4.69, 9.17) is 16.3 Å². The summed E-state index contributed by atoms with van der Waals surface area (Å²) in [7, 11) is -3.90. The summed E-state index contributed by atoms with van der Waals surface area (Å²) in [6.45, 7) is 0.780. The third-order valence-corrected chi connectivity index (χ3v) is 6.65. The van der Waals surface area contributed by atoms with Crippen molar-refractivity contribution in [1.82, 2.24) is 24.9 Å². The number of amides is 1. The average molecular weight is 463 g/mol. The predicted molar refractivity (Wildman–Crippen MR) is 113 cm³/mol. The Morgan fingerprint density at radius 3 is 2.71 bits per heavy atom. The maximum absolute atomic E-state index is 12.7. The first kappa shape index (κ1) is 21.4. The zero-order chi connectivity index (χ0) is 21.8. The quantitative estimate of drug-likeness (QED) is 0.549. The third-order valence-electron chi connectivity index (χ3n) is 4.75. The van der Waals surface area contributed by atoms with Crippen molar-refractivity contribution in [2.75, 3.05) is 18.5 Å². The van der Waals surface area contributed by atoms with Gasteiger partial charge in [-0.2, -0.15) is 0 Å². The Labute approximate surface area is 183 Å². The maximum Gasteiger partial charge on any atom is 0.255 e. The van der Waals surface area contributed by atoms with E-state index in [0.717, 1.165) is 18.5 Å². The molecule has 0 bridgehead atoms. The average Bonchev–Trinajstić information content (AvgIpc) is 3.47. The number of tetrazole rings is 1. The highest BCUT2D eigenvalue weighted by Crippen LogP contribution is 2.24. The van der Waals surface area contributed by atoms with Crippen molar-refractivity contribution < 1.29 is 17.9 Å². The van der Waals surface area contributed by atoms with Crippen molar-refractivity contribution in [2.24, 2.45) is 0 Å². The molecule has 31 heavy (non-hydrogen) atoms. The lowest BCUT2D eigenvalue weighted by Crippen LogP contribution is -2.32. The number of halogens is 1. The number of hydrogen-bond donors (Lipinski definition) is 2. The minimum Gasteiger partial charge on any atom is -0.377 e. The van der Waals surface area contributed by atoms with Crippen LogP contribution in [-0.2, 0) is 14.8 Å². The van der Waals surface area contributed by atoms with E-state index in [0.29, 0.717) is 12.3 Å². The van der Waals surface area contributed by atoms with E-state index in [-0.39, 0.29) is 28.1 Å². The van der Waals surface area contributed by atoms with Crippen LogP contribution in [0.3, 0.4) is 0 Å². The van der Waals surface area contributed by atoms with Gasteiger partial charge in [0.2, 0.25) is 10.0 Å². The smallest absolute Gasteiger partial charge is 0.255 e. The van der Waals surface area contributed by atoms with Crippen LogP contribution in [0.5, 0.6) is 0 Å². The molecule has 2 N–H and O–H groups in total. The molecule has 0 aliphatic carbocycles. The van der Waals surface area contributed by atoms with Gasteiger partial charge in [0.15, 0.2) is 0 Å². The number of aromatic nitrogens is 4. The summed E-state index contributed by atoms with van der Waals surface area (Å²) < 4.78 is 34.8. The van der Waals surface area contributed by atoms with Crippen molar-refractivity contribution in [2.45, 2.75) is 23.8 Å². The minimum atomic E-state index is -3.90. The van der Waals surface area contributed by atoms with Gasteiger partial charge in [-0.05, 0) is 65.7 Å². The summed E-state index contributed by atoms with van der Waals surface area (Å²) in [6, 6.07) is 10.9. The Hall–Kier alpha value is -2.86. The second-order valence-electron chi connectivity index (χ2n) is 6.89. The highest BCUT2D eigenvalue weighted by atomic mass is 35.5. The Kier molecular flexibility index (Phi) is 6.28. The number of rotatable bonds is 7. The lowest BCUT2D eigenvalue weighted by Gasteiger charge is -2.13. The monoisotopic (exact) mass is 462 g/mol. The molecule has 162 valence electrons. The fourth-order valence-corrected chi connectivity index (χ4v) is 4.71. The van der Waals surface area contributed by atoms with Crippen molar-refractivity contribution >= 4 is 33.2 Å². The molecule has 1 fully saturated rings. The van der Waals surface area contributed by atoms with Crippen molar-refractivity contribution in [3.63, 3.8) is 0 Å². The number of benzene rings is 2. The Bertz CT molecular complexity index is 1160. The van der Waals surface area contributed by atoms with Gasteiger partial charge in [0.25, 0.3) is 5.91 Å². The van der Waals surface area contributed by atoms with Gasteiger partial charge in [-0.3, -0.25) is 4.79 Å². The van der Waals surface area contributed by atoms with Gasteiger partial charge in [-0.25, -0.2) is 17.8 Å². The normalized spacial score (nSPS) is 16.4. The lowest BCUT2D eigenvalue weighted by molar-refractivity contribution is 0.102. The standard InChI is InChI=1S/C19H19ClN6O4S/c20-17-8-3-13(10-18(17)31(28,29)22-11-16-2-1-9-30-16)19(27)23-14-4-6-15(7-5-14)26-12-21-24-25-26/h3-8,10,12,16,22H,1-2,9,11H2,(H,23,27)/t16-/m0/s1. The highest BCUT2D eigenvalue weighted by molar-refractivity contribution is 7.89. The maximum atomic E-state index is 12.7. The van der Waals surface area contributed by atoms with Gasteiger partial charge >= 0.3 is 0 Å². The van der Waals surface area contributed by atoms with Crippen LogP contribution >= 0.6 is 11.6 Å². The molecule has 0 unspecified atom stereocenters. The molecular weight excluding hydrogens is 444 g/mol. The van der Waals surface area contributed by atoms with Crippen LogP contribution in [0, 0.1) is 0 Å². The van der Waals surface area contributed by atoms with E-state index in [9.17, 15) is 13.2 Å². The minimum absolute atomic E-state index is 0.0298. The van der Waals surface area contributed by atoms with Gasteiger partial charge < -0.3 is 10.1 Å². The van der Waals surface area contributed by atoms with Crippen LogP contribution in [0.25, 0.3) is 5.69 Å². The highest BCUT2D eigenvalue weighted by Gasteiger charge is 2.23. The summed E-state index contributed by atoms with van der Waals surface area (Å²) in [5, 5.41) is 13.7. The van der Waals surface area contributed by atoms with E-state index in [1.807, 2.05) is 0 Å². The van der Waals surface area contributed by atoms with E-state index in [1.165, 1.54) is 29.2 Å². The number of anilines is 1. The number of carbonyl (C=O) groups excluding carboxylic acids is 1. The molecule has 1 aliphatic heterocycles. The molecule has 0 radical (unpaired) electrons. The van der Waals surface area contributed by atoms with Crippen LogP contribution in [0.1, 0.15) is 23.2 Å². The molecule has 1 aliphatic rings. The first-order valence-electron chi connectivity index (χ1n) is 9.48. The molecule has 2 aromatic carbocycles. The van der Waals surface area contributed by atoms with E-state index >= 15 is 0 Å². The molecule has 1 aromatic heterocycles. The van der Waals surface area contributed by atoms with Crippen LogP contribution in [-0.4, -0.2) is 53.8 Å². The number of carbonyl (C=O) groups is 1. The van der Waals surface area contributed by atoms with Crippen LogP contribution < -0.4 is 10.0 Å². The van der Waals surface area contributed by atoms with Crippen molar-refractivity contribution in [3.8, 4) is 5.69 Å². The van der Waals surface area contributed by atoms with Crippen LogP contribution in [0.2, 0.25) is 5.02 Å². The molecule has 2 heterocycles. The second kappa shape index (κ2) is 9.10. The topological polar surface area (TPSA) is 128 Å². The summed E-state index contributed by atoms with van der Waals surface area (Å²) in [5.74, 6) is -0.470. The van der Waals surface area contributed by atoms with E-state index in [1.54, 1.807) is 24.3 Å². The van der Waals surface area contributed by atoms with Gasteiger partial charge in [-0.1, -0.05) is 11.6 Å². The van der Waals surface area contributed by atoms with Gasteiger partial charge in [0.05, 0.1) is 16.8 Å². The first-order valence-corrected chi connectivity index (χ1v) is 11.3. The third kappa shape index (κ3) is 5.07. The van der Waals surface area contributed by atoms with Crippen LogP contribution in [0.15, 0.2) is 53.7 Å². The molecule has 0 saturated carbocycles. The fraction of sp³-hybridized carbons (Fsp3) is 0.263. The lowest BCUT2D eigenvalue weighted by atomic mass is 10.2. The molecule has 12 heteroatoms. The summed E-state index contributed by atoms with van der Waals surface area (Å²) >= 11 is 6.11. The van der Waals surface area contributed by atoms with Gasteiger partial charge in [-0.15, -0.1) is 5.10 Å². The van der Waals surface area contributed by atoms with Gasteiger partial charge in [0.1, 0.15) is 11.2 Å². The number of sulfonamides is 1. The summed E-state index contributed by atoms with van der Waals surface area (Å²) in [6.07, 6.45) is 3.00. The number of nitrogens with zero attached hydrogens (tertiary/aromatic N) is 4. The summed E-state index contributed by atoms with van der Waals surface area (Å²) in [5.41, 5.74) is 1.41. The van der Waals surface area contributed by atoms with E-state index < -0.39 is 15.9 Å². The number of ether oxygens (including phenoxy) is 1. The van der Waals surface area contributed by atoms with Crippen molar-refractivity contribution in [3.05, 3.63) is 59.4 Å². The Morgan fingerprint density at radius 1 is 1.23 bits per heavy atom. The Balaban J connectivity index is 1.47. The first-order chi connectivity index (χ1) is 14.9. The fourth-order valence-electron chi connectivity index (χ4n) is 3.12. The molecule has 10 nitrogen and oxygen atoms in total. The molecule has 3 aromatic rings. The molecular formula is C19H19ClN6O4S. The predicted octanol–water partition coefficient (Wildman–Crippen LogP) is 2.03. The largest absolute Gasteiger partial charge is 0.377 e. The molecule has 1 amide bonds. The second-order valence-corrected chi connectivity index (χ2v) is 9.03. The molecule has 0 spiro atoms. The van der Waals surface area contributed by atoms with Crippen molar-refractivity contribution in [1.29, 1.82) is 0 Å². The van der Waals surface area contributed by atoms with E-state index in [2.05, 4.69) is 25.6 Å². The zero-order valence-corrected chi connectivity index (χ0v) is 17.8. The van der Waals surface area contributed by atoms with Gasteiger partial charge in [0, 0.05) is 24.4 Å². The Morgan fingerprint density at radius 2 is 2.03 bits per heavy atom. The number of nitrogens with one attached hydrogen (secondary N) is 2. The molecule has 1 atom stereocenters. The summed E-state index contributed by atoms with van der Waals surface area (Å²) in [4.78, 5) is 12.5. The molecule has 4 rings (SSSR count).